The number of hydrogen-bond donors (Lipinski definition) is 1. The van der Waals surface area contributed by atoms with E-state index in [0.29, 0.717) is 13.0 Å². The van der Waals surface area contributed by atoms with E-state index in [1.807, 2.05) is 27.7 Å². The lowest BCUT2D eigenvalue weighted by molar-refractivity contribution is -0.157. The zero-order chi connectivity index (χ0) is 15.8. The molecule has 6 heteroatoms. The SMILES string of the molecule is CCC1(C)NC(=O)C(C(C)C)N(Cc2ncc(C)s2)C1=O. The first-order valence-electron chi connectivity index (χ1n) is 7.33. The summed E-state index contributed by atoms with van der Waals surface area (Å²) in [7, 11) is 0. The number of piperazine rings is 1. The van der Waals surface area contributed by atoms with E-state index in [1.54, 1.807) is 29.4 Å². The van der Waals surface area contributed by atoms with Crippen LogP contribution in [0.5, 0.6) is 0 Å². The number of aromatic nitrogens is 1. The highest BCUT2D eigenvalue weighted by molar-refractivity contribution is 7.11. The van der Waals surface area contributed by atoms with Gasteiger partial charge in [-0.1, -0.05) is 20.8 Å². The van der Waals surface area contributed by atoms with Crippen LogP contribution in [0.25, 0.3) is 0 Å². The van der Waals surface area contributed by atoms with E-state index < -0.39 is 11.6 Å². The van der Waals surface area contributed by atoms with Gasteiger partial charge >= 0.3 is 0 Å². The van der Waals surface area contributed by atoms with Crippen molar-refractivity contribution in [2.24, 2.45) is 5.92 Å². The van der Waals surface area contributed by atoms with Crippen LogP contribution in [0.4, 0.5) is 0 Å². The minimum absolute atomic E-state index is 0.0175. The third-order valence-corrected chi connectivity index (χ3v) is 4.95. The molecule has 0 bridgehead atoms. The van der Waals surface area contributed by atoms with Crippen molar-refractivity contribution in [3.05, 3.63) is 16.1 Å². The summed E-state index contributed by atoms with van der Waals surface area (Å²) in [6.07, 6.45) is 2.38. The number of aryl methyl sites for hydroxylation is 1. The molecule has 1 fully saturated rings. The molecule has 0 spiro atoms. The molecule has 21 heavy (non-hydrogen) atoms. The third-order valence-electron chi connectivity index (χ3n) is 4.05. The van der Waals surface area contributed by atoms with Gasteiger partial charge < -0.3 is 10.2 Å². The van der Waals surface area contributed by atoms with Crippen LogP contribution >= 0.6 is 11.3 Å². The van der Waals surface area contributed by atoms with Gasteiger partial charge in [0.05, 0.1) is 6.54 Å². The van der Waals surface area contributed by atoms with E-state index in [0.717, 1.165) is 9.88 Å². The Kier molecular flexibility index (Phi) is 4.37. The molecule has 1 aromatic rings. The van der Waals surface area contributed by atoms with Gasteiger partial charge in [0.1, 0.15) is 16.6 Å². The fraction of sp³-hybridized carbons (Fsp3) is 0.667. The number of carbonyl (C=O) groups is 2. The van der Waals surface area contributed by atoms with Crippen molar-refractivity contribution < 1.29 is 9.59 Å². The molecule has 1 aliphatic heterocycles. The molecule has 116 valence electrons. The van der Waals surface area contributed by atoms with Crippen molar-refractivity contribution in [1.29, 1.82) is 0 Å². The molecule has 1 N–H and O–H groups in total. The summed E-state index contributed by atoms with van der Waals surface area (Å²) < 4.78 is 0. The largest absolute Gasteiger partial charge is 0.340 e. The molecule has 1 aliphatic rings. The zero-order valence-corrected chi connectivity index (χ0v) is 14.1. The maximum absolute atomic E-state index is 12.8. The van der Waals surface area contributed by atoms with Crippen molar-refractivity contribution in [1.82, 2.24) is 15.2 Å². The summed E-state index contributed by atoms with van der Waals surface area (Å²) in [5, 5.41) is 3.77. The molecule has 1 aromatic heterocycles. The van der Waals surface area contributed by atoms with Crippen LogP contribution in [0.2, 0.25) is 0 Å². The molecule has 2 rings (SSSR count). The Balaban J connectivity index is 2.34. The molecule has 0 aromatic carbocycles. The van der Waals surface area contributed by atoms with Crippen LogP contribution in [0.1, 0.15) is 44.0 Å². The standard InChI is InChI=1S/C15H23N3O2S/c1-6-15(5)14(20)18(8-11-16-7-10(4)21-11)12(9(2)3)13(19)17-15/h7,9,12H,6,8H2,1-5H3,(H,17,19). The van der Waals surface area contributed by atoms with E-state index in [-0.39, 0.29) is 17.7 Å². The highest BCUT2D eigenvalue weighted by Crippen LogP contribution is 2.27. The second-order valence-electron chi connectivity index (χ2n) is 6.16. The molecule has 2 heterocycles. The summed E-state index contributed by atoms with van der Waals surface area (Å²) in [5.74, 6) is -0.0187. The number of carbonyl (C=O) groups excluding carboxylic acids is 2. The monoisotopic (exact) mass is 309 g/mol. The normalized spacial score (nSPS) is 26.4. The maximum atomic E-state index is 12.8. The van der Waals surface area contributed by atoms with Crippen LogP contribution in [0.15, 0.2) is 6.20 Å². The highest BCUT2D eigenvalue weighted by Gasteiger charge is 2.48. The Morgan fingerprint density at radius 2 is 2.14 bits per heavy atom. The van der Waals surface area contributed by atoms with Crippen LogP contribution in [-0.4, -0.2) is 33.3 Å². The number of nitrogens with zero attached hydrogens (tertiary/aromatic N) is 2. The van der Waals surface area contributed by atoms with Gasteiger partial charge in [0.2, 0.25) is 11.8 Å². The van der Waals surface area contributed by atoms with Crippen molar-refractivity contribution >= 4 is 23.2 Å². The molecule has 0 radical (unpaired) electrons. The van der Waals surface area contributed by atoms with Crippen molar-refractivity contribution in [3.63, 3.8) is 0 Å². The van der Waals surface area contributed by atoms with Crippen LogP contribution in [-0.2, 0) is 16.1 Å². The van der Waals surface area contributed by atoms with Gasteiger partial charge in [0, 0.05) is 11.1 Å². The van der Waals surface area contributed by atoms with Crippen LogP contribution in [0, 0.1) is 12.8 Å². The van der Waals surface area contributed by atoms with Gasteiger partial charge in [-0.2, -0.15) is 0 Å². The van der Waals surface area contributed by atoms with E-state index in [2.05, 4.69) is 10.3 Å². The Morgan fingerprint density at radius 1 is 1.48 bits per heavy atom. The molecule has 0 saturated carbocycles. The maximum Gasteiger partial charge on any atom is 0.249 e. The molecule has 0 aliphatic carbocycles. The summed E-state index contributed by atoms with van der Waals surface area (Å²) in [5.41, 5.74) is -0.811. The Labute approximate surface area is 129 Å². The van der Waals surface area contributed by atoms with Gasteiger partial charge in [-0.15, -0.1) is 11.3 Å². The lowest BCUT2D eigenvalue weighted by atomic mass is 9.88. The second kappa shape index (κ2) is 5.75. The number of amides is 2. The molecular formula is C15H23N3O2S. The fourth-order valence-corrected chi connectivity index (χ4v) is 3.46. The number of hydrogen-bond acceptors (Lipinski definition) is 4. The van der Waals surface area contributed by atoms with Crippen molar-refractivity contribution in [2.45, 2.75) is 59.2 Å². The average Bonchev–Trinajstić information content (AvgIpc) is 2.80. The molecule has 2 unspecified atom stereocenters. The minimum Gasteiger partial charge on any atom is -0.340 e. The van der Waals surface area contributed by atoms with Crippen molar-refractivity contribution in [2.75, 3.05) is 0 Å². The predicted molar refractivity (Wildman–Crippen MR) is 82.9 cm³/mol. The Hall–Kier alpha value is -1.43. The first-order chi connectivity index (χ1) is 9.78. The zero-order valence-electron chi connectivity index (χ0n) is 13.3. The Bertz CT molecular complexity index is 555. The van der Waals surface area contributed by atoms with E-state index in [1.165, 1.54) is 0 Å². The van der Waals surface area contributed by atoms with Gasteiger partial charge in [0.15, 0.2) is 0 Å². The van der Waals surface area contributed by atoms with Crippen LogP contribution in [0.3, 0.4) is 0 Å². The van der Waals surface area contributed by atoms with Gasteiger partial charge in [-0.25, -0.2) is 4.98 Å². The second-order valence-corrected chi connectivity index (χ2v) is 7.48. The summed E-state index contributed by atoms with van der Waals surface area (Å²) in [4.78, 5) is 32.4. The topological polar surface area (TPSA) is 62.3 Å². The third kappa shape index (κ3) is 2.95. The smallest absolute Gasteiger partial charge is 0.249 e. The van der Waals surface area contributed by atoms with Gasteiger partial charge in [-0.3, -0.25) is 9.59 Å². The summed E-state index contributed by atoms with van der Waals surface area (Å²) in [6.45, 7) is 10.0. The molecular weight excluding hydrogens is 286 g/mol. The number of thiazole rings is 1. The van der Waals surface area contributed by atoms with Gasteiger partial charge in [-0.05, 0) is 26.2 Å². The number of nitrogens with one attached hydrogen (secondary N) is 1. The molecule has 2 atom stereocenters. The summed E-state index contributed by atoms with van der Waals surface area (Å²) >= 11 is 1.57. The van der Waals surface area contributed by atoms with Gasteiger partial charge in [0.25, 0.3) is 0 Å². The molecule has 2 amide bonds. The van der Waals surface area contributed by atoms with E-state index in [4.69, 9.17) is 0 Å². The fourth-order valence-electron chi connectivity index (χ4n) is 2.68. The highest BCUT2D eigenvalue weighted by atomic mass is 32.1. The first-order valence-corrected chi connectivity index (χ1v) is 8.14. The lowest BCUT2D eigenvalue weighted by Crippen LogP contribution is -2.69. The van der Waals surface area contributed by atoms with E-state index >= 15 is 0 Å². The average molecular weight is 309 g/mol. The quantitative estimate of drug-likeness (QED) is 0.926. The predicted octanol–water partition coefficient (Wildman–Crippen LogP) is 2.10. The molecule has 5 nitrogen and oxygen atoms in total. The van der Waals surface area contributed by atoms with Crippen LogP contribution < -0.4 is 5.32 Å². The Morgan fingerprint density at radius 3 is 2.62 bits per heavy atom. The minimum atomic E-state index is -0.811. The lowest BCUT2D eigenvalue weighted by Gasteiger charge is -2.45. The van der Waals surface area contributed by atoms with Crippen molar-refractivity contribution in [3.8, 4) is 0 Å². The first kappa shape index (κ1) is 15.9. The number of rotatable bonds is 4. The van der Waals surface area contributed by atoms with E-state index in [9.17, 15) is 9.59 Å². The summed E-state index contributed by atoms with van der Waals surface area (Å²) in [6, 6.07) is -0.429. The molecule has 1 saturated heterocycles.